The van der Waals surface area contributed by atoms with E-state index >= 15 is 0 Å². The summed E-state index contributed by atoms with van der Waals surface area (Å²) in [6.45, 7) is 6.44. The zero-order valence-corrected chi connectivity index (χ0v) is 17.9. The molecule has 0 bridgehead atoms. The molecular formula is C24H30N4O3. The first-order valence-electron chi connectivity index (χ1n) is 11.3. The Morgan fingerprint density at radius 3 is 2.61 bits per heavy atom. The van der Waals surface area contributed by atoms with E-state index in [0.29, 0.717) is 38.4 Å². The summed E-state index contributed by atoms with van der Waals surface area (Å²) in [7, 11) is 0. The number of pyridine rings is 1. The minimum Gasteiger partial charge on any atom is -0.390 e. The number of hydrogen-bond donors (Lipinski definition) is 1. The third-order valence-electron chi connectivity index (χ3n) is 6.54. The Morgan fingerprint density at radius 1 is 0.968 bits per heavy atom. The van der Waals surface area contributed by atoms with Crippen molar-refractivity contribution in [2.24, 2.45) is 0 Å². The van der Waals surface area contributed by atoms with E-state index in [-0.39, 0.29) is 5.91 Å². The van der Waals surface area contributed by atoms with E-state index < -0.39 is 6.10 Å². The fourth-order valence-electron chi connectivity index (χ4n) is 4.85. The lowest BCUT2D eigenvalue weighted by Gasteiger charge is -2.34. The van der Waals surface area contributed by atoms with Gasteiger partial charge in [-0.05, 0) is 29.7 Å². The van der Waals surface area contributed by atoms with E-state index in [0.717, 1.165) is 50.5 Å². The molecule has 7 nitrogen and oxygen atoms in total. The molecular weight excluding hydrogens is 392 g/mol. The number of morpholine rings is 1. The van der Waals surface area contributed by atoms with Gasteiger partial charge in [0.2, 0.25) is 0 Å². The maximum atomic E-state index is 13.0. The molecule has 31 heavy (non-hydrogen) atoms. The maximum absolute atomic E-state index is 13.0. The van der Waals surface area contributed by atoms with Crippen LogP contribution in [0.5, 0.6) is 0 Å². The van der Waals surface area contributed by atoms with Gasteiger partial charge in [0.15, 0.2) is 0 Å². The van der Waals surface area contributed by atoms with E-state index in [2.05, 4.69) is 34.1 Å². The molecule has 1 aromatic heterocycles. The van der Waals surface area contributed by atoms with Crippen LogP contribution < -0.4 is 4.90 Å². The van der Waals surface area contributed by atoms with Gasteiger partial charge in [0.1, 0.15) is 5.82 Å². The molecule has 1 N–H and O–H groups in total. The number of aliphatic hydroxyl groups is 1. The van der Waals surface area contributed by atoms with Gasteiger partial charge < -0.3 is 19.6 Å². The molecule has 1 amide bonds. The van der Waals surface area contributed by atoms with Gasteiger partial charge in [-0.2, -0.15) is 0 Å². The van der Waals surface area contributed by atoms with Crippen LogP contribution in [0.4, 0.5) is 5.82 Å². The van der Waals surface area contributed by atoms with Crippen molar-refractivity contribution in [3.8, 4) is 0 Å². The molecule has 1 atom stereocenters. The number of ether oxygens (including phenoxy) is 1. The number of carbonyl (C=O) groups excluding carboxylic acids is 1. The summed E-state index contributed by atoms with van der Waals surface area (Å²) in [5.41, 5.74) is 4.28. The third-order valence-corrected chi connectivity index (χ3v) is 6.54. The van der Waals surface area contributed by atoms with Crippen LogP contribution in [0.3, 0.4) is 0 Å². The number of nitrogens with zero attached hydrogens (tertiary/aromatic N) is 4. The van der Waals surface area contributed by atoms with Crippen LogP contribution in [0, 0.1) is 0 Å². The lowest BCUT2D eigenvalue weighted by molar-refractivity contribution is 0.0491. The van der Waals surface area contributed by atoms with E-state index in [1.165, 1.54) is 11.1 Å². The number of β-amino-alcohol motifs (C(OH)–C–C–N with tert-alkyl or cyclic N) is 1. The van der Waals surface area contributed by atoms with E-state index in [1.807, 2.05) is 12.1 Å². The number of rotatable bonds is 5. The predicted octanol–water partition coefficient (Wildman–Crippen LogP) is 1.34. The summed E-state index contributed by atoms with van der Waals surface area (Å²) in [6.07, 6.45) is 1.18. The van der Waals surface area contributed by atoms with Gasteiger partial charge >= 0.3 is 0 Å². The molecule has 3 aliphatic heterocycles. The molecule has 0 radical (unpaired) electrons. The minimum absolute atomic E-state index is 0.0229. The minimum atomic E-state index is -0.559. The number of anilines is 1. The second-order valence-electron chi connectivity index (χ2n) is 8.67. The monoisotopic (exact) mass is 422 g/mol. The lowest BCUT2D eigenvalue weighted by atomic mass is 9.99. The predicted molar refractivity (Wildman–Crippen MR) is 118 cm³/mol. The zero-order valence-electron chi connectivity index (χ0n) is 17.9. The highest BCUT2D eigenvalue weighted by Crippen LogP contribution is 2.23. The van der Waals surface area contributed by atoms with Crippen LogP contribution in [0.15, 0.2) is 36.4 Å². The third kappa shape index (κ3) is 4.44. The van der Waals surface area contributed by atoms with Crippen LogP contribution in [0.1, 0.15) is 27.2 Å². The van der Waals surface area contributed by atoms with Crippen molar-refractivity contribution in [3.63, 3.8) is 0 Å². The summed E-state index contributed by atoms with van der Waals surface area (Å²) in [5.74, 6) is 0.902. The van der Waals surface area contributed by atoms with Crippen molar-refractivity contribution < 1.29 is 14.6 Å². The molecule has 0 aliphatic carbocycles. The van der Waals surface area contributed by atoms with Gasteiger partial charge in [-0.15, -0.1) is 0 Å². The van der Waals surface area contributed by atoms with Crippen LogP contribution in [0.25, 0.3) is 0 Å². The molecule has 1 aromatic carbocycles. The molecule has 1 fully saturated rings. The Hall–Kier alpha value is -2.48. The quantitative estimate of drug-likeness (QED) is 0.784. The molecule has 7 heteroatoms. The van der Waals surface area contributed by atoms with Crippen molar-refractivity contribution in [3.05, 3.63) is 58.8 Å². The average molecular weight is 423 g/mol. The number of carbonyl (C=O) groups is 1. The van der Waals surface area contributed by atoms with Crippen molar-refractivity contribution in [1.29, 1.82) is 0 Å². The number of aromatic nitrogens is 1. The Bertz CT molecular complexity index is 944. The van der Waals surface area contributed by atoms with Crippen LogP contribution in [-0.4, -0.2) is 84.4 Å². The highest BCUT2D eigenvalue weighted by atomic mass is 16.5. The van der Waals surface area contributed by atoms with Gasteiger partial charge in [0, 0.05) is 52.2 Å². The Kier molecular flexibility index (Phi) is 5.89. The highest BCUT2D eigenvalue weighted by Gasteiger charge is 2.29. The SMILES string of the molecule is O=C1c2ccc(N3CCOCC3)nc2CCN1CC(O)CN1CCc2ccccc2C1. The first-order valence-corrected chi connectivity index (χ1v) is 11.3. The topological polar surface area (TPSA) is 69.1 Å². The Balaban J connectivity index is 1.19. The number of benzene rings is 1. The summed E-state index contributed by atoms with van der Waals surface area (Å²) >= 11 is 0. The van der Waals surface area contributed by atoms with Gasteiger partial charge in [-0.25, -0.2) is 4.98 Å². The second kappa shape index (κ2) is 8.94. The summed E-state index contributed by atoms with van der Waals surface area (Å²) < 4.78 is 5.42. The molecule has 0 saturated carbocycles. The fourth-order valence-corrected chi connectivity index (χ4v) is 4.85. The summed E-state index contributed by atoms with van der Waals surface area (Å²) in [4.78, 5) is 24.1. The van der Waals surface area contributed by atoms with Gasteiger partial charge in [0.25, 0.3) is 5.91 Å². The summed E-state index contributed by atoms with van der Waals surface area (Å²) in [5, 5.41) is 10.7. The number of hydrogen-bond acceptors (Lipinski definition) is 6. The largest absolute Gasteiger partial charge is 0.390 e. The molecule has 2 aromatic rings. The molecule has 4 heterocycles. The molecule has 164 valence electrons. The van der Waals surface area contributed by atoms with Crippen molar-refractivity contribution in [2.75, 3.05) is 57.4 Å². The van der Waals surface area contributed by atoms with E-state index in [9.17, 15) is 9.90 Å². The van der Waals surface area contributed by atoms with Crippen molar-refractivity contribution >= 4 is 11.7 Å². The Morgan fingerprint density at radius 2 is 1.77 bits per heavy atom. The molecule has 3 aliphatic rings. The van der Waals surface area contributed by atoms with Gasteiger partial charge in [0.05, 0.1) is 30.6 Å². The molecule has 0 spiro atoms. The van der Waals surface area contributed by atoms with E-state index in [4.69, 9.17) is 9.72 Å². The normalized spacial score (nSPS) is 20.4. The standard InChI is InChI=1S/C24H30N4O3/c29-20(16-26-9-7-18-3-1-2-4-19(18)15-26)17-28-10-8-22-21(24(28)30)5-6-23(25-22)27-11-13-31-14-12-27/h1-6,20,29H,7-17H2. The van der Waals surface area contributed by atoms with Crippen LogP contribution in [0.2, 0.25) is 0 Å². The van der Waals surface area contributed by atoms with E-state index in [1.54, 1.807) is 4.90 Å². The smallest absolute Gasteiger partial charge is 0.255 e. The first kappa shape index (κ1) is 20.4. The average Bonchev–Trinajstić information content (AvgIpc) is 2.81. The fraction of sp³-hybridized carbons (Fsp3) is 0.500. The summed E-state index contributed by atoms with van der Waals surface area (Å²) in [6, 6.07) is 12.3. The number of fused-ring (bicyclic) bond motifs is 2. The maximum Gasteiger partial charge on any atom is 0.255 e. The van der Waals surface area contributed by atoms with Crippen LogP contribution >= 0.6 is 0 Å². The molecule has 5 rings (SSSR count). The lowest BCUT2D eigenvalue weighted by Crippen LogP contribution is -2.46. The first-order chi connectivity index (χ1) is 15.2. The van der Waals surface area contributed by atoms with Crippen LogP contribution in [-0.2, 0) is 24.1 Å². The highest BCUT2D eigenvalue weighted by molar-refractivity contribution is 5.96. The van der Waals surface area contributed by atoms with Crippen molar-refractivity contribution in [2.45, 2.75) is 25.5 Å². The van der Waals surface area contributed by atoms with Crippen molar-refractivity contribution in [1.82, 2.24) is 14.8 Å². The second-order valence-corrected chi connectivity index (χ2v) is 8.67. The number of aliphatic hydroxyl groups excluding tert-OH is 1. The van der Waals surface area contributed by atoms with Gasteiger partial charge in [-0.1, -0.05) is 24.3 Å². The Labute approximate surface area is 183 Å². The molecule has 1 unspecified atom stereocenters. The number of amides is 1. The van der Waals surface area contributed by atoms with Gasteiger partial charge in [-0.3, -0.25) is 9.69 Å². The zero-order chi connectivity index (χ0) is 21.2. The molecule has 1 saturated heterocycles.